The van der Waals surface area contributed by atoms with E-state index in [0.29, 0.717) is 22.4 Å². The SMILES string of the molecule is CN(C)C(=O)c1ccc(-c2c(-c3cnn(C)c3)[nH]c3ncc4c(cc(Nc5cccc(C6NNNN6)c5)c(=O)n4C)c23)cc1. The van der Waals surface area contributed by atoms with Crippen LogP contribution in [0, 0.1) is 0 Å². The fourth-order valence-electron chi connectivity index (χ4n) is 5.63. The average molecular weight is 590 g/mol. The van der Waals surface area contributed by atoms with Gasteiger partial charge in [-0.15, -0.1) is 0 Å². The highest BCUT2D eigenvalue weighted by Crippen LogP contribution is 2.41. The molecule has 0 bridgehead atoms. The minimum Gasteiger partial charge on any atom is -0.351 e. The van der Waals surface area contributed by atoms with E-state index in [-0.39, 0.29) is 17.6 Å². The number of pyridine rings is 2. The number of hydrazine groups is 3. The smallest absolute Gasteiger partial charge is 0.274 e. The van der Waals surface area contributed by atoms with E-state index >= 15 is 0 Å². The molecule has 6 aromatic rings. The summed E-state index contributed by atoms with van der Waals surface area (Å²) >= 11 is 0. The zero-order valence-corrected chi connectivity index (χ0v) is 24.6. The summed E-state index contributed by atoms with van der Waals surface area (Å²) in [4.78, 5) is 36.0. The second-order valence-corrected chi connectivity index (χ2v) is 11.0. The van der Waals surface area contributed by atoms with Crippen molar-refractivity contribution in [2.75, 3.05) is 19.4 Å². The van der Waals surface area contributed by atoms with E-state index in [1.54, 1.807) is 47.7 Å². The minimum atomic E-state index is -0.180. The molecule has 4 aromatic heterocycles. The summed E-state index contributed by atoms with van der Waals surface area (Å²) in [7, 11) is 7.09. The maximum absolute atomic E-state index is 13.6. The van der Waals surface area contributed by atoms with Gasteiger partial charge in [0.1, 0.15) is 17.5 Å². The lowest BCUT2D eigenvalue weighted by molar-refractivity contribution is 0.0827. The molecule has 1 aliphatic rings. The van der Waals surface area contributed by atoms with Crippen molar-refractivity contribution in [1.29, 1.82) is 0 Å². The monoisotopic (exact) mass is 589 g/mol. The van der Waals surface area contributed by atoms with E-state index in [4.69, 9.17) is 4.98 Å². The number of nitrogens with zero attached hydrogens (tertiary/aromatic N) is 5. The van der Waals surface area contributed by atoms with Gasteiger partial charge in [-0.2, -0.15) is 16.2 Å². The number of benzene rings is 2. The first kappa shape index (κ1) is 27.5. The first-order valence-corrected chi connectivity index (χ1v) is 14.0. The molecule has 0 unspecified atom stereocenters. The van der Waals surface area contributed by atoms with Crippen molar-refractivity contribution in [3.63, 3.8) is 0 Å². The Morgan fingerprint density at radius 3 is 2.45 bits per heavy atom. The van der Waals surface area contributed by atoms with Crippen molar-refractivity contribution in [2.45, 2.75) is 6.17 Å². The second-order valence-electron chi connectivity index (χ2n) is 11.0. The number of hydrogen-bond donors (Lipinski definition) is 6. The molecular formula is C31H31N11O2. The van der Waals surface area contributed by atoms with Crippen LogP contribution >= 0.6 is 0 Å². The van der Waals surface area contributed by atoms with Crippen LogP contribution in [0.15, 0.2) is 78.0 Å². The number of nitrogens with one attached hydrogen (secondary N) is 6. The quantitative estimate of drug-likeness (QED) is 0.172. The Morgan fingerprint density at radius 2 is 1.75 bits per heavy atom. The highest BCUT2D eigenvalue weighted by atomic mass is 16.2. The van der Waals surface area contributed by atoms with Gasteiger partial charge in [0.05, 0.1) is 23.6 Å². The third-order valence-electron chi connectivity index (χ3n) is 7.84. The second kappa shape index (κ2) is 10.7. The number of carbonyl (C=O) groups is 1. The topological polar surface area (TPSA) is 149 Å². The van der Waals surface area contributed by atoms with Crippen molar-refractivity contribution in [1.82, 2.24) is 51.1 Å². The van der Waals surface area contributed by atoms with Gasteiger partial charge in [-0.05, 0) is 41.5 Å². The zero-order valence-electron chi connectivity index (χ0n) is 24.6. The Hall–Kier alpha value is -5.34. The molecule has 1 fully saturated rings. The van der Waals surface area contributed by atoms with Gasteiger partial charge < -0.3 is 19.8 Å². The summed E-state index contributed by atoms with van der Waals surface area (Å²) < 4.78 is 3.36. The molecule has 1 aliphatic heterocycles. The van der Waals surface area contributed by atoms with Crippen LogP contribution in [-0.2, 0) is 14.1 Å². The van der Waals surface area contributed by atoms with Crippen molar-refractivity contribution in [3.05, 3.63) is 94.7 Å². The van der Waals surface area contributed by atoms with E-state index in [2.05, 4.69) is 37.3 Å². The summed E-state index contributed by atoms with van der Waals surface area (Å²) in [6.07, 6.45) is 5.31. The summed E-state index contributed by atoms with van der Waals surface area (Å²) in [6, 6.07) is 17.3. The highest BCUT2D eigenvalue weighted by Gasteiger charge is 2.22. The lowest BCUT2D eigenvalue weighted by Gasteiger charge is -2.14. The van der Waals surface area contributed by atoms with Gasteiger partial charge in [-0.1, -0.05) is 24.3 Å². The third-order valence-corrected chi connectivity index (χ3v) is 7.84. The van der Waals surface area contributed by atoms with E-state index < -0.39 is 0 Å². The predicted molar refractivity (Wildman–Crippen MR) is 170 cm³/mol. The number of aromatic nitrogens is 5. The average Bonchev–Trinajstić information content (AvgIpc) is 3.80. The fourth-order valence-corrected chi connectivity index (χ4v) is 5.63. The summed E-state index contributed by atoms with van der Waals surface area (Å²) in [5, 5.41) is 9.45. The van der Waals surface area contributed by atoms with Crippen LogP contribution in [0.25, 0.3) is 44.3 Å². The molecule has 0 atom stereocenters. The fraction of sp³-hybridized carbons (Fsp3) is 0.161. The van der Waals surface area contributed by atoms with Crippen LogP contribution < -0.4 is 32.8 Å². The van der Waals surface area contributed by atoms with Crippen LogP contribution in [0.4, 0.5) is 11.4 Å². The number of anilines is 2. The minimum absolute atomic E-state index is 0.0723. The maximum atomic E-state index is 13.6. The molecule has 0 saturated carbocycles. The molecule has 0 radical (unpaired) electrons. The van der Waals surface area contributed by atoms with Crippen LogP contribution in [-0.4, -0.2) is 49.2 Å². The number of rotatable bonds is 6. The number of aryl methyl sites for hydroxylation is 2. The van der Waals surface area contributed by atoms with Crippen LogP contribution in [0.1, 0.15) is 22.1 Å². The highest BCUT2D eigenvalue weighted by molar-refractivity contribution is 6.16. The van der Waals surface area contributed by atoms with Crippen molar-refractivity contribution >= 4 is 39.2 Å². The summed E-state index contributed by atoms with van der Waals surface area (Å²) in [6.45, 7) is 0. The van der Waals surface area contributed by atoms with Gasteiger partial charge in [0.2, 0.25) is 0 Å². The number of carbonyl (C=O) groups excluding carboxylic acids is 1. The van der Waals surface area contributed by atoms with E-state index in [9.17, 15) is 9.59 Å². The largest absolute Gasteiger partial charge is 0.351 e. The molecular weight excluding hydrogens is 558 g/mol. The number of hydrogen-bond acceptors (Lipinski definition) is 9. The molecule has 2 aromatic carbocycles. The maximum Gasteiger partial charge on any atom is 0.274 e. The lowest BCUT2D eigenvalue weighted by Crippen LogP contribution is -2.33. The Labute approximate surface area is 251 Å². The number of H-pyrrole nitrogens is 1. The van der Waals surface area contributed by atoms with Gasteiger partial charge >= 0.3 is 0 Å². The van der Waals surface area contributed by atoms with Crippen molar-refractivity contribution in [3.8, 4) is 22.4 Å². The summed E-state index contributed by atoms with van der Waals surface area (Å²) in [5.41, 5.74) is 19.3. The number of aromatic amines is 1. The van der Waals surface area contributed by atoms with Crippen LogP contribution in [0.2, 0.25) is 0 Å². The van der Waals surface area contributed by atoms with E-state index in [1.165, 1.54) is 0 Å². The van der Waals surface area contributed by atoms with Gasteiger partial charge in [-0.25, -0.2) is 15.8 Å². The van der Waals surface area contributed by atoms with Gasteiger partial charge in [0.15, 0.2) is 0 Å². The molecule has 7 rings (SSSR count). The van der Waals surface area contributed by atoms with Gasteiger partial charge in [0.25, 0.3) is 11.5 Å². The van der Waals surface area contributed by atoms with Crippen LogP contribution in [0.3, 0.4) is 0 Å². The Morgan fingerprint density at radius 1 is 0.977 bits per heavy atom. The third kappa shape index (κ3) is 4.69. The molecule has 0 spiro atoms. The molecule has 0 aliphatic carbocycles. The lowest BCUT2D eigenvalue weighted by atomic mass is 9.97. The Bertz CT molecular complexity index is 2100. The number of fused-ring (bicyclic) bond motifs is 3. The zero-order chi connectivity index (χ0) is 30.5. The first-order valence-electron chi connectivity index (χ1n) is 14.0. The van der Waals surface area contributed by atoms with Gasteiger partial charge in [-0.3, -0.25) is 14.3 Å². The molecule has 13 heteroatoms. The van der Waals surface area contributed by atoms with Crippen LogP contribution in [0.5, 0.6) is 0 Å². The molecule has 1 amide bonds. The Balaban J connectivity index is 1.42. The normalized spacial score (nSPS) is 13.6. The molecule has 44 heavy (non-hydrogen) atoms. The predicted octanol–water partition coefficient (Wildman–Crippen LogP) is 3.04. The molecule has 1 saturated heterocycles. The Kier molecular flexibility index (Phi) is 6.71. The molecule has 5 heterocycles. The van der Waals surface area contributed by atoms with E-state index in [1.807, 2.05) is 67.8 Å². The first-order chi connectivity index (χ1) is 21.3. The van der Waals surface area contributed by atoms with Gasteiger partial charge in [0, 0.05) is 67.5 Å². The van der Waals surface area contributed by atoms with Crippen molar-refractivity contribution in [2.24, 2.45) is 14.1 Å². The van der Waals surface area contributed by atoms with E-state index in [0.717, 1.165) is 44.4 Å². The van der Waals surface area contributed by atoms with Crippen molar-refractivity contribution < 1.29 is 4.79 Å². The molecule has 13 nitrogen and oxygen atoms in total. The molecule has 222 valence electrons. The summed E-state index contributed by atoms with van der Waals surface area (Å²) in [5.74, 6) is -0.0723. The molecule has 6 N–H and O–H groups in total. The number of amides is 1. The standard InChI is InChI=1S/C31H31N11O2/c1-40(2)30(43)18-10-8-17(9-11-18)25-26-22-13-23(34-21-7-5-6-19(12-21)28-36-38-39-37-28)31(44)42(4)24(22)15-32-29(26)35-27(25)20-14-33-41(3)16-20/h5-16,28,34,36-39H,1-4H3,(H,32,35).